The zero-order valence-electron chi connectivity index (χ0n) is 10.5. The number of ether oxygens (including phenoxy) is 1. The molecular weight excluding hydrogens is 226 g/mol. The minimum atomic E-state index is -0.367. The van der Waals surface area contributed by atoms with Gasteiger partial charge < -0.3 is 9.84 Å². The molecule has 18 heavy (non-hydrogen) atoms. The third-order valence-electron chi connectivity index (χ3n) is 4.58. The molecule has 2 atom stereocenters. The number of rotatable bonds is 1. The minimum Gasteiger partial charge on any atom is -0.485 e. The molecule has 4 rings (SSSR count). The number of aliphatic hydroxyl groups is 1. The Morgan fingerprint density at radius 3 is 2.94 bits per heavy atom. The molecule has 2 aliphatic heterocycles. The number of benzene rings is 1. The molecule has 1 N–H and O–H groups in total. The van der Waals surface area contributed by atoms with Crippen molar-refractivity contribution in [1.29, 1.82) is 0 Å². The fourth-order valence-corrected chi connectivity index (χ4v) is 3.46. The molecule has 1 saturated heterocycles. The molecule has 3 heteroatoms. The van der Waals surface area contributed by atoms with Crippen LogP contribution in [0.5, 0.6) is 5.75 Å². The Morgan fingerprint density at radius 1 is 1.28 bits per heavy atom. The maximum Gasteiger partial charge on any atom is 0.126 e. The molecule has 1 unspecified atom stereocenters. The molecule has 0 amide bonds. The molecule has 3 nitrogen and oxygen atoms in total. The summed E-state index contributed by atoms with van der Waals surface area (Å²) in [5, 5.41) is 10.3. The van der Waals surface area contributed by atoms with Crippen LogP contribution in [0, 0.1) is 0 Å². The minimum absolute atomic E-state index is 0.143. The van der Waals surface area contributed by atoms with Gasteiger partial charge in [-0.3, -0.25) is 4.90 Å². The van der Waals surface area contributed by atoms with E-state index in [4.69, 9.17) is 4.74 Å². The second kappa shape index (κ2) is 3.72. The zero-order chi connectivity index (χ0) is 12.2. The normalized spacial score (nSPS) is 35.5. The Bertz CT molecular complexity index is 471. The smallest absolute Gasteiger partial charge is 0.126 e. The topological polar surface area (TPSA) is 32.7 Å². The summed E-state index contributed by atoms with van der Waals surface area (Å²) in [4.78, 5) is 2.54. The van der Waals surface area contributed by atoms with Gasteiger partial charge in [0.2, 0.25) is 0 Å². The first kappa shape index (κ1) is 10.8. The van der Waals surface area contributed by atoms with Crippen LogP contribution in [-0.4, -0.2) is 34.7 Å². The van der Waals surface area contributed by atoms with Crippen LogP contribution in [0.3, 0.4) is 0 Å². The summed E-state index contributed by atoms with van der Waals surface area (Å²) < 4.78 is 6.26. The lowest BCUT2D eigenvalue weighted by atomic mass is 9.88. The maximum atomic E-state index is 10.3. The molecule has 3 aliphatic rings. The molecule has 0 radical (unpaired) electrons. The number of aliphatic hydroxyl groups excluding tert-OH is 1. The quantitative estimate of drug-likeness (QED) is 0.822. The van der Waals surface area contributed by atoms with Crippen molar-refractivity contribution in [2.75, 3.05) is 13.1 Å². The van der Waals surface area contributed by atoms with Crippen molar-refractivity contribution in [3.8, 4) is 5.75 Å². The molecule has 2 heterocycles. The fraction of sp³-hybridized carbons (Fsp3) is 0.600. The van der Waals surface area contributed by atoms with Gasteiger partial charge in [-0.1, -0.05) is 18.2 Å². The number of fused-ring (bicyclic) bond motifs is 1. The van der Waals surface area contributed by atoms with Crippen molar-refractivity contribution >= 4 is 0 Å². The van der Waals surface area contributed by atoms with E-state index in [0.717, 1.165) is 43.3 Å². The van der Waals surface area contributed by atoms with Crippen molar-refractivity contribution in [2.45, 2.75) is 43.4 Å². The Balaban J connectivity index is 1.61. The van der Waals surface area contributed by atoms with Gasteiger partial charge in [0.15, 0.2) is 0 Å². The van der Waals surface area contributed by atoms with Gasteiger partial charge in [0.05, 0.1) is 6.10 Å². The number of para-hydroxylation sites is 1. The second-order valence-corrected chi connectivity index (χ2v) is 5.99. The van der Waals surface area contributed by atoms with Crippen molar-refractivity contribution in [3.63, 3.8) is 0 Å². The molecule has 0 bridgehead atoms. The van der Waals surface area contributed by atoms with Gasteiger partial charge in [-0.05, 0) is 18.9 Å². The summed E-state index contributed by atoms with van der Waals surface area (Å²) in [5.74, 6) is 0.883. The lowest BCUT2D eigenvalue weighted by molar-refractivity contribution is -0.00761. The Labute approximate surface area is 107 Å². The van der Waals surface area contributed by atoms with E-state index in [1.807, 2.05) is 24.3 Å². The highest BCUT2D eigenvalue weighted by molar-refractivity contribution is 5.38. The Kier molecular flexibility index (Phi) is 2.24. The average Bonchev–Trinajstić information content (AvgIpc) is 3.14. The van der Waals surface area contributed by atoms with E-state index < -0.39 is 0 Å². The van der Waals surface area contributed by atoms with Gasteiger partial charge >= 0.3 is 0 Å². The summed E-state index contributed by atoms with van der Waals surface area (Å²) in [5.41, 5.74) is 0.809. The highest BCUT2D eigenvalue weighted by atomic mass is 16.5. The van der Waals surface area contributed by atoms with E-state index in [1.54, 1.807) is 0 Å². The van der Waals surface area contributed by atoms with E-state index in [0.29, 0.717) is 0 Å². The fourth-order valence-electron chi connectivity index (χ4n) is 3.46. The van der Waals surface area contributed by atoms with Crippen LogP contribution in [-0.2, 0) is 0 Å². The number of nitrogens with zero attached hydrogens (tertiary/aromatic N) is 1. The number of likely N-dealkylation sites (tertiary alicyclic amines) is 1. The summed E-state index contributed by atoms with van der Waals surface area (Å²) in [6.07, 6.45) is 4.11. The standard InChI is InChI=1S/C15H19NO2/c17-13-9-15(7-8-16(10-15)11-5-6-11)18-14-4-2-1-3-12(13)14/h1-4,11,13,17H,5-10H2/t13-,15?/m1/s1. The van der Waals surface area contributed by atoms with Gasteiger partial charge in [0.1, 0.15) is 11.4 Å². The first-order chi connectivity index (χ1) is 8.76. The molecule has 1 spiro atoms. The monoisotopic (exact) mass is 245 g/mol. The zero-order valence-corrected chi connectivity index (χ0v) is 10.5. The van der Waals surface area contributed by atoms with Crippen LogP contribution in [0.4, 0.5) is 0 Å². The molecule has 1 aromatic carbocycles. The first-order valence-corrected chi connectivity index (χ1v) is 6.96. The third-order valence-corrected chi connectivity index (χ3v) is 4.58. The van der Waals surface area contributed by atoms with Gasteiger partial charge in [-0.2, -0.15) is 0 Å². The van der Waals surface area contributed by atoms with Crippen LogP contribution < -0.4 is 4.74 Å². The van der Waals surface area contributed by atoms with E-state index >= 15 is 0 Å². The lowest BCUT2D eigenvalue weighted by Crippen LogP contribution is -2.43. The van der Waals surface area contributed by atoms with E-state index in [-0.39, 0.29) is 11.7 Å². The van der Waals surface area contributed by atoms with Crippen LogP contribution in [0.2, 0.25) is 0 Å². The van der Waals surface area contributed by atoms with Crippen LogP contribution in [0.15, 0.2) is 24.3 Å². The van der Waals surface area contributed by atoms with Crippen LogP contribution in [0.25, 0.3) is 0 Å². The van der Waals surface area contributed by atoms with Gasteiger partial charge in [-0.25, -0.2) is 0 Å². The van der Waals surface area contributed by atoms with Gasteiger partial charge in [0, 0.05) is 37.5 Å². The average molecular weight is 245 g/mol. The third kappa shape index (κ3) is 1.65. The van der Waals surface area contributed by atoms with Crippen LogP contribution in [0.1, 0.15) is 37.4 Å². The molecule has 2 fully saturated rings. The van der Waals surface area contributed by atoms with E-state index in [1.165, 1.54) is 12.8 Å². The largest absolute Gasteiger partial charge is 0.485 e. The molecular formula is C15H19NO2. The predicted octanol–water partition coefficient (Wildman–Crippen LogP) is 2.11. The van der Waals surface area contributed by atoms with E-state index in [9.17, 15) is 5.11 Å². The van der Waals surface area contributed by atoms with Gasteiger partial charge in [0.25, 0.3) is 0 Å². The molecule has 1 aromatic rings. The first-order valence-electron chi connectivity index (χ1n) is 6.96. The van der Waals surface area contributed by atoms with Crippen molar-refractivity contribution in [3.05, 3.63) is 29.8 Å². The van der Waals surface area contributed by atoms with Crippen molar-refractivity contribution in [1.82, 2.24) is 4.90 Å². The number of hydrogen-bond donors (Lipinski definition) is 1. The highest BCUT2D eigenvalue weighted by Gasteiger charge is 2.48. The maximum absolute atomic E-state index is 10.3. The number of hydrogen-bond acceptors (Lipinski definition) is 3. The molecule has 1 saturated carbocycles. The Morgan fingerprint density at radius 2 is 2.11 bits per heavy atom. The summed E-state index contributed by atoms with van der Waals surface area (Å²) in [7, 11) is 0. The summed E-state index contributed by atoms with van der Waals surface area (Å²) >= 11 is 0. The molecule has 96 valence electrons. The van der Waals surface area contributed by atoms with E-state index in [2.05, 4.69) is 4.90 Å². The molecule has 0 aromatic heterocycles. The predicted molar refractivity (Wildman–Crippen MR) is 68.6 cm³/mol. The SMILES string of the molecule is O[C@@H]1CC2(CCN(C3CC3)C2)Oc2ccccc21. The molecule has 1 aliphatic carbocycles. The second-order valence-electron chi connectivity index (χ2n) is 5.99. The summed E-state index contributed by atoms with van der Waals surface area (Å²) in [6, 6.07) is 8.70. The highest BCUT2D eigenvalue weighted by Crippen LogP contribution is 2.45. The van der Waals surface area contributed by atoms with Crippen LogP contribution >= 0.6 is 0 Å². The lowest BCUT2D eigenvalue weighted by Gasteiger charge is -2.38. The van der Waals surface area contributed by atoms with Crippen molar-refractivity contribution < 1.29 is 9.84 Å². The van der Waals surface area contributed by atoms with Crippen molar-refractivity contribution in [2.24, 2.45) is 0 Å². The van der Waals surface area contributed by atoms with Gasteiger partial charge in [-0.15, -0.1) is 0 Å². The summed E-state index contributed by atoms with van der Waals surface area (Å²) in [6.45, 7) is 2.11. The Hall–Kier alpha value is -1.06.